The standard InChI is InChI=1S/C19H18Cl3N3O3S/c1-3-4-16(26)23-11-5-6-13(21)15(9-11)24-19(29)25-18(27)12-7-10(20)8-14(22)17(12)28-2/h5-9H,3-4H2,1-2H3,(H,23,26)(H2,24,25,27,29). The lowest BCUT2D eigenvalue weighted by atomic mass is 10.2. The maximum atomic E-state index is 12.6. The molecule has 0 aliphatic heterocycles. The Kier molecular flexibility index (Phi) is 8.52. The van der Waals surface area contributed by atoms with Gasteiger partial charge in [0.05, 0.1) is 28.4 Å². The van der Waals surface area contributed by atoms with E-state index in [1.807, 2.05) is 6.92 Å². The molecule has 2 amide bonds. The summed E-state index contributed by atoms with van der Waals surface area (Å²) in [5, 5.41) is 8.94. The van der Waals surface area contributed by atoms with Crippen LogP contribution >= 0.6 is 47.0 Å². The van der Waals surface area contributed by atoms with Gasteiger partial charge in [-0.2, -0.15) is 0 Å². The van der Waals surface area contributed by atoms with Gasteiger partial charge < -0.3 is 15.4 Å². The van der Waals surface area contributed by atoms with Crippen LogP contribution in [0, 0.1) is 0 Å². The molecular formula is C19H18Cl3N3O3S. The molecule has 29 heavy (non-hydrogen) atoms. The van der Waals surface area contributed by atoms with Gasteiger partial charge in [-0.25, -0.2) is 0 Å². The minimum Gasteiger partial charge on any atom is -0.494 e. The summed E-state index contributed by atoms with van der Waals surface area (Å²) in [4.78, 5) is 24.3. The fourth-order valence-corrected chi connectivity index (χ4v) is 3.35. The fourth-order valence-electron chi connectivity index (χ4n) is 2.41. The predicted molar refractivity (Wildman–Crippen MR) is 122 cm³/mol. The molecule has 0 spiro atoms. The van der Waals surface area contributed by atoms with E-state index in [-0.39, 0.29) is 32.4 Å². The van der Waals surface area contributed by atoms with Crippen LogP contribution in [0.2, 0.25) is 15.1 Å². The van der Waals surface area contributed by atoms with Crippen molar-refractivity contribution in [1.29, 1.82) is 0 Å². The molecule has 0 atom stereocenters. The summed E-state index contributed by atoms with van der Waals surface area (Å²) in [6.45, 7) is 1.91. The van der Waals surface area contributed by atoms with Crippen LogP contribution in [0.3, 0.4) is 0 Å². The Morgan fingerprint density at radius 1 is 1.07 bits per heavy atom. The molecule has 0 radical (unpaired) electrons. The molecular weight excluding hydrogens is 457 g/mol. The molecule has 154 valence electrons. The van der Waals surface area contributed by atoms with Gasteiger partial charge in [0.15, 0.2) is 5.11 Å². The molecule has 0 aliphatic rings. The van der Waals surface area contributed by atoms with Crippen molar-refractivity contribution in [1.82, 2.24) is 5.32 Å². The van der Waals surface area contributed by atoms with Crippen LogP contribution < -0.4 is 20.7 Å². The number of anilines is 2. The molecule has 0 aliphatic carbocycles. The maximum Gasteiger partial charge on any atom is 0.261 e. The quantitative estimate of drug-likeness (QED) is 0.480. The smallest absolute Gasteiger partial charge is 0.261 e. The van der Waals surface area contributed by atoms with Crippen molar-refractivity contribution in [3.05, 3.63) is 51.0 Å². The second kappa shape index (κ2) is 10.6. The molecule has 2 rings (SSSR count). The molecule has 3 N–H and O–H groups in total. The number of rotatable bonds is 6. The molecule has 2 aromatic carbocycles. The fraction of sp³-hybridized carbons (Fsp3) is 0.211. The lowest BCUT2D eigenvalue weighted by molar-refractivity contribution is -0.116. The number of amides is 2. The lowest BCUT2D eigenvalue weighted by Gasteiger charge is -2.14. The first-order valence-electron chi connectivity index (χ1n) is 8.50. The van der Waals surface area contributed by atoms with E-state index in [2.05, 4.69) is 16.0 Å². The monoisotopic (exact) mass is 473 g/mol. The van der Waals surface area contributed by atoms with Gasteiger partial charge in [0.25, 0.3) is 5.91 Å². The Morgan fingerprint density at radius 2 is 1.79 bits per heavy atom. The first-order chi connectivity index (χ1) is 13.7. The highest BCUT2D eigenvalue weighted by Gasteiger charge is 2.18. The van der Waals surface area contributed by atoms with Crippen molar-refractivity contribution in [2.45, 2.75) is 19.8 Å². The summed E-state index contributed by atoms with van der Waals surface area (Å²) >= 11 is 23.4. The molecule has 0 saturated carbocycles. The van der Waals surface area contributed by atoms with Crippen LogP contribution in [0.5, 0.6) is 5.75 Å². The summed E-state index contributed by atoms with van der Waals surface area (Å²) < 4.78 is 5.17. The van der Waals surface area contributed by atoms with Crippen LogP contribution in [0.15, 0.2) is 30.3 Å². The molecule has 2 aromatic rings. The summed E-state index contributed by atoms with van der Waals surface area (Å²) in [7, 11) is 1.39. The summed E-state index contributed by atoms with van der Waals surface area (Å²) in [6.07, 6.45) is 1.14. The number of benzene rings is 2. The van der Waals surface area contributed by atoms with E-state index >= 15 is 0 Å². The Balaban J connectivity index is 2.13. The molecule has 0 unspecified atom stereocenters. The molecule has 0 bridgehead atoms. The Morgan fingerprint density at radius 3 is 2.45 bits per heavy atom. The van der Waals surface area contributed by atoms with E-state index in [0.717, 1.165) is 6.42 Å². The van der Waals surface area contributed by atoms with Crippen LogP contribution in [0.4, 0.5) is 11.4 Å². The third-order valence-electron chi connectivity index (χ3n) is 3.66. The van der Waals surface area contributed by atoms with E-state index < -0.39 is 5.91 Å². The van der Waals surface area contributed by atoms with Gasteiger partial charge in [0, 0.05) is 17.1 Å². The molecule has 0 aromatic heterocycles. The molecule has 6 nitrogen and oxygen atoms in total. The normalized spacial score (nSPS) is 10.2. The van der Waals surface area contributed by atoms with E-state index in [4.69, 9.17) is 51.8 Å². The number of ether oxygens (including phenoxy) is 1. The van der Waals surface area contributed by atoms with Gasteiger partial charge in [-0.15, -0.1) is 0 Å². The number of methoxy groups -OCH3 is 1. The highest BCUT2D eigenvalue weighted by Crippen LogP contribution is 2.32. The number of carbonyl (C=O) groups is 2. The van der Waals surface area contributed by atoms with E-state index in [1.54, 1.807) is 18.2 Å². The zero-order valence-corrected chi connectivity index (χ0v) is 18.7. The average Bonchev–Trinajstić information content (AvgIpc) is 2.64. The summed E-state index contributed by atoms with van der Waals surface area (Å²) in [6, 6.07) is 7.77. The Labute approximate surface area is 188 Å². The Bertz CT molecular complexity index is 954. The SMILES string of the molecule is CCCC(=O)Nc1ccc(Cl)c(NC(=S)NC(=O)c2cc(Cl)cc(Cl)c2OC)c1. The van der Waals surface area contributed by atoms with E-state index in [9.17, 15) is 9.59 Å². The highest BCUT2D eigenvalue weighted by molar-refractivity contribution is 7.80. The number of carbonyl (C=O) groups excluding carboxylic acids is 2. The lowest BCUT2D eigenvalue weighted by Crippen LogP contribution is -2.34. The average molecular weight is 475 g/mol. The molecule has 0 fully saturated rings. The highest BCUT2D eigenvalue weighted by atomic mass is 35.5. The van der Waals surface area contributed by atoms with Gasteiger partial charge in [-0.05, 0) is 49.0 Å². The first kappa shape index (κ1) is 23.2. The zero-order chi connectivity index (χ0) is 21.6. The Hall–Kier alpha value is -2.06. The van der Waals surface area contributed by atoms with Gasteiger partial charge in [-0.3, -0.25) is 14.9 Å². The van der Waals surface area contributed by atoms with Gasteiger partial charge >= 0.3 is 0 Å². The minimum absolute atomic E-state index is 0.00733. The van der Waals surface area contributed by atoms with E-state index in [1.165, 1.54) is 19.2 Å². The number of halogens is 3. The molecule has 0 heterocycles. The topological polar surface area (TPSA) is 79.5 Å². The largest absolute Gasteiger partial charge is 0.494 e. The van der Waals surface area contributed by atoms with Crippen molar-refractivity contribution < 1.29 is 14.3 Å². The third kappa shape index (κ3) is 6.47. The second-order valence-corrected chi connectivity index (χ2v) is 7.53. The summed E-state index contributed by atoms with van der Waals surface area (Å²) in [5.41, 5.74) is 1.09. The number of hydrogen-bond donors (Lipinski definition) is 3. The van der Waals surface area contributed by atoms with Gasteiger partial charge in [-0.1, -0.05) is 41.7 Å². The summed E-state index contributed by atoms with van der Waals surface area (Å²) in [5.74, 6) is -0.496. The van der Waals surface area contributed by atoms with Crippen LogP contribution in [-0.4, -0.2) is 24.0 Å². The second-order valence-electron chi connectivity index (χ2n) is 5.87. The number of nitrogens with one attached hydrogen (secondary N) is 3. The van der Waals surface area contributed by atoms with E-state index in [0.29, 0.717) is 22.8 Å². The van der Waals surface area contributed by atoms with Crippen molar-refractivity contribution in [2.24, 2.45) is 0 Å². The zero-order valence-electron chi connectivity index (χ0n) is 15.6. The minimum atomic E-state index is -0.563. The number of thiocarbonyl (C=S) groups is 1. The van der Waals surface area contributed by atoms with Crippen molar-refractivity contribution in [3.8, 4) is 5.75 Å². The third-order valence-corrected chi connectivity index (χ3v) is 4.69. The van der Waals surface area contributed by atoms with Crippen LogP contribution in [-0.2, 0) is 4.79 Å². The maximum absolute atomic E-state index is 12.6. The van der Waals surface area contributed by atoms with Crippen LogP contribution in [0.25, 0.3) is 0 Å². The van der Waals surface area contributed by atoms with Crippen molar-refractivity contribution >= 4 is 75.3 Å². The van der Waals surface area contributed by atoms with Gasteiger partial charge in [0.1, 0.15) is 5.75 Å². The first-order valence-corrected chi connectivity index (χ1v) is 10.0. The van der Waals surface area contributed by atoms with Crippen molar-refractivity contribution in [3.63, 3.8) is 0 Å². The van der Waals surface area contributed by atoms with Gasteiger partial charge in [0.2, 0.25) is 5.91 Å². The van der Waals surface area contributed by atoms with Crippen LogP contribution in [0.1, 0.15) is 30.1 Å². The molecule has 0 saturated heterocycles. The predicted octanol–water partition coefficient (Wildman–Crippen LogP) is 5.52. The number of hydrogen-bond acceptors (Lipinski definition) is 4. The molecule has 10 heteroatoms. The van der Waals surface area contributed by atoms with Crippen molar-refractivity contribution in [2.75, 3.05) is 17.7 Å².